The lowest BCUT2D eigenvalue weighted by atomic mass is 9.74. The van der Waals surface area contributed by atoms with Gasteiger partial charge in [0.1, 0.15) is 5.69 Å². The molecular formula is C15H21N3O2. The summed E-state index contributed by atoms with van der Waals surface area (Å²) in [6.07, 6.45) is 5.97. The van der Waals surface area contributed by atoms with Crippen LogP contribution in [0.25, 0.3) is 0 Å². The number of aromatic nitrogens is 1. The van der Waals surface area contributed by atoms with Crippen molar-refractivity contribution in [3.63, 3.8) is 0 Å². The Kier molecular flexibility index (Phi) is 3.61. The zero-order chi connectivity index (χ0) is 14.0. The number of rotatable bonds is 1. The smallest absolute Gasteiger partial charge is 0.272 e. The van der Waals surface area contributed by atoms with Crippen molar-refractivity contribution in [2.75, 3.05) is 32.0 Å². The molecular weight excluding hydrogens is 254 g/mol. The summed E-state index contributed by atoms with van der Waals surface area (Å²) in [5.41, 5.74) is 7.03. The Morgan fingerprint density at radius 1 is 1.35 bits per heavy atom. The lowest BCUT2D eigenvalue weighted by molar-refractivity contribution is -0.0230. The summed E-state index contributed by atoms with van der Waals surface area (Å²) in [4.78, 5) is 18.6. The van der Waals surface area contributed by atoms with Crippen LogP contribution >= 0.6 is 0 Å². The van der Waals surface area contributed by atoms with Crippen molar-refractivity contribution in [2.45, 2.75) is 25.7 Å². The van der Waals surface area contributed by atoms with Crippen molar-refractivity contribution in [1.82, 2.24) is 9.88 Å². The first-order valence-corrected chi connectivity index (χ1v) is 7.27. The first-order valence-electron chi connectivity index (χ1n) is 7.27. The second-order valence-corrected chi connectivity index (χ2v) is 5.92. The molecule has 108 valence electrons. The number of piperidine rings is 1. The molecule has 0 aliphatic carbocycles. The topological polar surface area (TPSA) is 68.5 Å². The Hall–Kier alpha value is -1.62. The van der Waals surface area contributed by atoms with Crippen LogP contribution in [0.1, 0.15) is 36.2 Å². The summed E-state index contributed by atoms with van der Waals surface area (Å²) in [5.74, 6) is 0.00265. The summed E-state index contributed by atoms with van der Waals surface area (Å²) in [6, 6.07) is 3.36. The molecule has 20 heavy (non-hydrogen) atoms. The second kappa shape index (κ2) is 5.40. The second-order valence-electron chi connectivity index (χ2n) is 5.92. The van der Waals surface area contributed by atoms with E-state index in [1.54, 1.807) is 18.3 Å². The highest BCUT2D eigenvalue weighted by molar-refractivity contribution is 5.93. The normalized spacial score (nSPS) is 21.9. The molecule has 2 fully saturated rings. The average Bonchev–Trinajstić information content (AvgIpc) is 2.47. The number of pyridine rings is 1. The Morgan fingerprint density at radius 3 is 2.90 bits per heavy atom. The van der Waals surface area contributed by atoms with Gasteiger partial charge in [0.25, 0.3) is 5.91 Å². The van der Waals surface area contributed by atoms with Crippen molar-refractivity contribution in [3.05, 3.63) is 24.0 Å². The summed E-state index contributed by atoms with van der Waals surface area (Å²) in [6.45, 7) is 3.28. The van der Waals surface area contributed by atoms with Gasteiger partial charge in [0.15, 0.2) is 0 Å². The van der Waals surface area contributed by atoms with Gasteiger partial charge in [-0.2, -0.15) is 0 Å². The Bertz CT molecular complexity index is 492. The summed E-state index contributed by atoms with van der Waals surface area (Å²) < 4.78 is 5.46. The molecule has 0 saturated carbocycles. The van der Waals surface area contributed by atoms with E-state index in [1.807, 2.05) is 4.90 Å². The third-order valence-corrected chi connectivity index (χ3v) is 4.51. The number of hydrogen-bond donors (Lipinski definition) is 1. The minimum atomic E-state index is 0.00265. The molecule has 1 amide bonds. The number of nitrogen functional groups attached to an aromatic ring is 1. The fourth-order valence-corrected chi connectivity index (χ4v) is 3.32. The Labute approximate surface area is 119 Å². The van der Waals surface area contributed by atoms with Gasteiger partial charge < -0.3 is 15.4 Å². The highest BCUT2D eigenvalue weighted by Gasteiger charge is 2.38. The fourth-order valence-electron chi connectivity index (χ4n) is 3.32. The molecule has 1 aromatic rings. The number of hydrogen-bond acceptors (Lipinski definition) is 4. The number of amides is 1. The first kappa shape index (κ1) is 13.4. The predicted octanol–water partition coefficient (Wildman–Crippen LogP) is 1.70. The third kappa shape index (κ3) is 2.63. The predicted molar refractivity (Wildman–Crippen MR) is 76.3 cm³/mol. The van der Waals surface area contributed by atoms with Gasteiger partial charge in [-0.05, 0) is 43.2 Å². The molecule has 3 rings (SSSR count). The summed E-state index contributed by atoms with van der Waals surface area (Å²) in [5, 5.41) is 0. The van der Waals surface area contributed by atoms with Gasteiger partial charge in [-0.15, -0.1) is 0 Å². The SMILES string of the molecule is Nc1ccnc(C(=O)N2CCCC3(CCOCC3)C2)c1. The zero-order valence-corrected chi connectivity index (χ0v) is 11.7. The van der Waals surface area contributed by atoms with Crippen LogP contribution in [-0.4, -0.2) is 42.1 Å². The van der Waals surface area contributed by atoms with Crippen molar-refractivity contribution in [2.24, 2.45) is 5.41 Å². The number of nitrogens with zero attached hydrogens (tertiary/aromatic N) is 2. The number of ether oxygens (including phenoxy) is 1. The lowest BCUT2D eigenvalue weighted by Crippen LogP contribution is -2.48. The largest absolute Gasteiger partial charge is 0.399 e. The molecule has 5 nitrogen and oxygen atoms in total. The van der Waals surface area contributed by atoms with E-state index < -0.39 is 0 Å². The monoisotopic (exact) mass is 275 g/mol. The van der Waals surface area contributed by atoms with Crippen LogP contribution in [-0.2, 0) is 4.74 Å². The standard InChI is InChI=1S/C15H21N3O2/c16-12-2-6-17-13(10-12)14(19)18-7-1-3-15(11-18)4-8-20-9-5-15/h2,6,10H,1,3-5,7-9,11H2,(H2,16,17). The molecule has 2 N–H and O–H groups in total. The highest BCUT2D eigenvalue weighted by Crippen LogP contribution is 2.39. The molecule has 1 aromatic heterocycles. The maximum atomic E-state index is 12.6. The first-order chi connectivity index (χ1) is 9.69. The number of anilines is 1. The van der Waals surface area contributed by atoms with Crippen molar-refractivity contribution in [1.29, 1.82) is 0 Å². The van der Waals surface area contributed by atoms with Crippen molar-refractivity contribution >= 4 is 11.6 Å². The van der Waals surface area contributed by atoms with Crippen LogP contribution in [0, 0.1) is 5.41 Å². The van der Waals surface area contributed by atoms with Gasteiger partial charge in [0.2, 0.25) is 0 Å². The minimum Gasteiger partial charge on any atom is -0.399 e. The molecule has 0 bridgehead atoms. The fraction of sp³-hybridized carbons (Fsp3) is 0.600. The molecule has 2 aliphatic rings. The van der Waals surface area contributed by atoms with Crippen LogP contribution < -0.4 is 5.73 Å². The van der Waals surface area contributed by atoms with Gasteiger partial charge >= 0.3 is 0 Å². The third-order valence-electron chi connectivity index (χ3n) is 4.51. The maximum Gasteiger partial charge on any atom is 0.272 e. The lowest BCUT2D eigenvalue weighted by Gasteiger charge is -2.45. The van der Waals surface area contributed by atoms with Crippen molar-refractivity contribution in [3.8, 4) is 0 Å². The number of carbonyl (C=O) groups excluding carboxylic acids is 1. The van der Waals surface area contributed by atoms with Crippen LogP contribution in [0.3, 0.4) is 0 Å². The molecule has 2 aliphatic heterocycles. The van der Waals surface area contributed by atoms with Crippen LogP contribution in [0.5, 0.6) is 0 Å². The minimum absolute atomic E-state index is 0.00265. The quantitative estimate of drug-likeness (QED) is 0.847. The molecule has 0 radical (unpaired) electrons. The van der Waals surface area contributed by atoms with E-state index in [9.17, 15) is 4.79 Å². The van der Waals surface area contributed by atoms with Crippen LogP contribution in [0.4, 0.5) is 5.69 Å². The molecule has 5 heteroatoms. The molecule has 3 heterocycles. The highest BCUT2D eigenvalue weighted by atomic mass is 16.5. The van der Waals surface area contributed by atoms with E-state index >= 15 is 0 Å². The average molecular weight is 275 g/mol. The Morgan fingerprint density at radius 2 is 2.15 bits per heavy atom. The van der Waals surface area contributed by atoms with Gasteiger partial charge in [-0.3, -0.25) is 9.78 Å². The molecule has 0 unspecified atom stereocenters. The van der Waals surface area contributed by atoms with Gasteiger partial charge in [-0.1, -0.05) is 0 Å². The molecule has 0 aromatic carbocycles. The van der Waals surface area contributed by atoms with E-state index in [-0.39, 0.29) is 11.3 Å². The molecule has 1 spiro atoms. The number of likely N-dealkylation sites (tertiary alicyclic amines) is 1. The van der Waals surface area contributed by atoms with E-state index in [2.05, 4.69) is 4.98 Å². The van der Waals surface area contributed by atoms with Crippen LogP contribution in [0.15, 0.2) is 18.3 Å². The summed E-state index contributed by atoms with van der Waals surface area (Å²) >= 11 is 0. The van der Waals surface area contributed by atoms with Crippen LogP contribution in [0.2, 0.25) is 0 Å². The molecule has 0 atom stereocenters. The zero-order valence-electron chi connectivity index (χ0n) is 11.7. The van der Waals surface area contributed by atoms with Crippen molar-refractivity contribution < 1.29 is 9.53 Å². The van der Waals surface area contributed by atoms with E-state index in [1.165, 1.54) is 6.42 Å². The molecule has 2 saturated heterocycles. The van der Waals surface area contributed by atoms with Gasteiger partial charge in [0, 0.05) is 38.2 Å². The van der Waals surface area contributed by atoms with E-state index in [0.717, 1.165) is 45.6 Å². The van der Waals surface area contributed by atoms with Gasteiger partial charge in [-0.25, -0.2) is 0 Å². The van der Waals surface area contributed by atoms with E-state index in [0.29, 0.717) is 11.4 Å². The maximum absolute atomic E-state index is 12.6. The Balaban J connectivity index is 1.74. The van der Waals surface area contributed by atoms with Gasteiger partial charge in [0.05, 0.1) is 0 Å². The number of carbonyl (C=O) groups is 1. The number of nitrogens with two attached hydrogens (primary N) is 1. The summed E-state index contributed by atoms with van der Waals surface area (Å²) in [7, 11) is 0. The van der Waals surface area contributed by atoms with E-state index in [4.69, 9.17) is 10.5 Å².